The van der Waals surface area contributed by atoms with Gasteiger partial charge in [-0.1, -0.05) is 61.9 Å². The predicted octanol–water partition coefficient (Wildman–Crippen LogP) is 7.45. The standard InChI is InChI=1S/C34H32N8S/c1-3-4-12-31-36-32-21(2)17-24(27-20-42-28-10-7-11-30(28)43-34(42)35-27)18-29(32)41(31)19-22-13-15-23(16-14-22)25-8-5-6-9-26(25)33-37-39-40-38-33/h5-6,8-9,13-18,20H,3-4,7,10-12,19H2,1-2H3,(H,37,38,39,40). The van der Waals surface area contributed by atoms with E-state index in [1.54, 1.807) is 0 Å². The largest absolute Gasteiger partial charge is 0.323 e. The highest BCUT2D eigenvalue weighted by molar-refractivity contribution is 7.17. The van der Waals surface area contributed by atoms with Crippen LogP contribution in [0.15, 0.2) is 66.9 Å². The van der Waals surface area contributed by atoms with Gasteiger partial charge in [-0.2, -0.15) is 5.21 Å². The van der Waals surface area contributed by atoms with Gasteiger partial charge in [0.15, 0.2) is 4.96 Å². The quantitative estimate of drug-likeness (QED) is 0.200. The van der Waals surface area contributed by atoms with Crippen LogP contribution in [-0.2, 0) is 25.8 Å². The van der Waals surface area contributed by atoms with Gasteiger partial charge in [0.2, 0.25) is 5.82 Å². The average molecular weight is 585 g/mol. The monoisotopic (exact) mass is 584 g/mol. The smallest absolute Gasteiger partial charge is 0.205 e. The molecule has 0 atom stereocenters. The first kappa shape index (κ1) is 26.0. The highest BCUT2D eigenvalue weighted by Gasteiger charge is 2.21. The van der Waals surface area contributed by atoms with E-state index in [-0.39, 0.29) is 0 Å². The molecule has 7 aromatic rings. The summed E-state index contributed by atoms with van der Waals surface area (Å²) >= 11 is 1.85. The highest BCUT2D eigenvalue weighted by atomic mass is 32.1. The molecular weight excluding hydrogens is 552 g/mol. The van der Waals surface area contributed by atoms with Gasteiger partial charge < -0.3 is 4.57 Å². The van der Waals surface area contributed by atoms with E-state index in [9.17, 15) is 0 Å². The molecule has 0 unspecified atom stereocenters. The minimum absolute atomic E-state index is 0.596. The van der Waals surface area contributed by atoms with E-state index >= 15 is 0 Å². The van der Waals surface area contributed by atoms with E-state index in [1.807, 2.05) is 29.5 Å². The third-order valence-corrected chi connectivity index (χ3v) is 9.77. The van der Waals surface area contributed by atoms with Crippen molar-refractivity contribution in [3.05, 3.63) is 94.4 Å². The van der Waals surface area contributed by atoms with Crippen LogP contribution >= 0.6 is 11.3 Å². The van der Waals surface area contributed by atoms with Crippen molar-refractivity contribution in [2.75, 3.05) is 0 Å². The summed E-state index contributed by atoms with van der Waals surface area (Å²) in [6.45, 7) is 5.18. The Bertz CT molecular complexity index is 2080. The van der Waals surface area contributed by atoms with E-state index in [0.717, 1.165) is 76.5 Å². The molecular formula is C34H32N8S. The van der Waals surface area contributed by atoms with Crippen LogP contribution in [0.3, 0.4) is 0 Å². The van der Waals surface area contributed by atoms with Crippen molar-refractivity contribution in [2.24, 2.45) is 0 Å². The third-order valence-electron chi connectivity index (χ3n) is 8.61. The van der Waals surface area contributed by atoms with Crippen LogP contribution in [0, 0.1) is 6.92 Å². The van der Waals surface area contributed by atoms with Gasteiger partial charge >= 0.3 is 0 Å². The minimum atomic E-state index is 0.596. The number of aromatic amines is 1. The predicted molar refractivity (Wildman–Crippen MR) is 171 cm³/mol. The molecule has 4 heterocycles. The molecule has 0 spiro atoms. The molecule has 9 heteroatoms. The Morgan fingerprint density at radius 1 is 0.953 bits per heavy atom. The lowest BCUT2D eigenvalue weighted by Gasteiger charge is -2.12. The van der Waals surface area contributed by atoms with Crippen molar-refractivity contribution < 1.29 is 0 Å². The number of H-pyrrole nitrogens is 1. The zero-order valence-corrected chi connectivity index (χ0v) is 25.2. The van der Waals surface area contributed by atoms with Crippen molar-refractivity contribution >= 4 is 27.3 Å². The van der Waals surface area contributed by atoms with Gasteiger partial charge in [0.1, 0.15) is 5.82 Å². The summed E-state index contributed by atoms with van der Waals surface area (Å²) in [5.41, 5.74) is 11.5. The summed E-state index contributed by atoms with van der Waals surface area (Å²) in [7, 11) is 0. The van der Waals surface area contributed by atoms with Crippen molar-refractivity contribution in [3.8, 4) is 33.8 Å². The summed E-state index contributed by atoms with van der Waals surface area (Å²) < 4.78 is 4.74. The number of tetrazole rings is 1. The van der Waals surface area contributed by atoms with Crippen molar-refractivity contribution in [3.63, 3.8) is 0 Å². The lowest BCUT2D eigenvalue weighted by molar-refractivity contribution is 0.690. The Morgan fingerprint density at radius 2 is 1.81 bits per heavy atom. The van der Waals surface area contributed by atoms with Crippen LogP contribution in [0.1, 0.15) is 53.7 Å². The van der Waals surface area contributed by atoms with E-state index in [2.05, 4.69) is 92.1 Å². The normalized spacial score (nSPS) is 13.0. The van der Waals surface area contributed by atoms with Crippen LogP contribution in [0.25, 0.3) is 49.8 Å². The zero-order chi connectivity index (χ0) is 28.9. The zero-order valence-electron chi connectivity index (χ0n) is 24.3. The number of hydrogen-bond acceptors (Lipinski definition) is 6. The molecule has 0 amide bonds. The number of benzene rings is 3. The van der Waals surface area contributed by atoms with E-state index in [4.69, 9.17) is 9.97 Å². The highest BCUT2D eigenvalue weighted by Crippen LogP contribution is 2.35. The molecule has 1 N–H and O–H groups in total. The molecule has 1 aliphatic rings. The van der Waals surface area contributed by atoms with Crippen LogP contribution in [0.5, 0.6) is 0 Å². The molecule has 8 rings (SSSR count). The summed E-state index contributed by atoms with van der Waals surface area (Å²) in [6.07, 6.45) is 9.04. The topological polar surface area (TPSA) is 89.6 Å². The number of hydrogen-bond donors (Lipinski definition) is 1. The maximum atomic E-state index is 5.18. The van der Waals surface area contributed by atoms with Crippen molar-refractivity contribution in [1.29, 1.82) is 0 Å². The van der Waals surface area contributed by atoms with E-state index < -0.39 is 0 Å². The number of fused-ring (bicyclic) bond motifs is 4. The number of imidazole rings is 2. The number of nitrogens with one attached hydrogen (secondary N) is 1. The Kier molecular flexibility index (Phi) is 6.40. The Labute approximate surface area is 253 Å². The van der Waals surface area contributed by atoms with Crippen molar-refractivity contribution in [2.45, 2.75) is 58.9 Å². The maximum absolute atomic E-state index is 5.18. The molecule has 0 saturated heterocycles. The number of thiazole rings is 1. The van der Waals surface area contributed by atoms with Crippen molar-refractivity contribution in [1.82, 2.24) is 39.6 Å². The van der Waals surface area contributed by atoms with Gasteiger partial charge in [0.25, 0.3) is 0 Å². The molecule has 4 aromatic heterocycles. The Balaban J connectivity index is 1.17. The third kappa shape index (κ3) is 4.55. The molecule has 0 radical (unpaired) electrons. The number of aromatic nitrogens is 8. The molecule has 0 saturated carbocycles. The maximum Gasteiger partial charge on any atom is 0.205 e. The summed E-state index contributed by atoms with van der Waals surface area (Å²) in [5.74, 6) is 1.74. The summed E-state index contributed by atoms with van der Waals surface area (Å²) in [4.78, 5) is 12.9. The first-order valence-corrected chi connectivity index (χ1v) is 15.9. The minimum Gasteiger partial charge on any atom is -0.323 e. The molecule has 1 aliphatic carbocycles. The molecule has 0 aliphatic heterocycles. The first-order chi connectivity index (χ1) is 21.2. The van der Waals surface area contributed by atoms with Gasteiger partial charge in [-0.15, -0.1) is 21.5 Å². The SMILES string of the molecule is CCCCc1nc2c(C)cc(-c3cn4c5c(sc4n3)CCC5)cc2n1Cc1ccc(-c2ccccc2-c2nn[nH]n2)cc1. The second-order valence-corrected chi connectivity index (χ2v) is 12.5. The Hall–Kier alpha value is -4.63. The van der Waals surface area contributed by atoms with E-state index in [1.165, 1.54) is 40.1 Å². The number of rotatable bonds is 8. The fraction of sp³-hybridized carbons (Fsp3) is 0.265. The number of nitrogens with zero attached hydrogens (tertiary/aromatic N) is 7. The summed E-state index contributed by atoms with van der Waals surface area (Å²) in [6, 6.07) is 21.5. The second-order valence-electron chi connectivity index (χ2n) is 11.5. The molecule has 0 bridgehead atoms. The van der Waals surface area contributed by atoms with Gasteiger partial charge in [0, 0.05) is 40.9 Å². The van der Waals surface area contributed by atoms with Crippen LogP contribution in [-0.4, -0.2) is 39.6 Å². The van der Waals surface area contributed by atoms with Crippen LogP contribution in [0.2, 0.25) is 0 Å². The Morgan fingerprint density at radius 3 is 2.63 bits per heavy atom. The fourth-order valence-corrected chi connectivity index (χ4v) is 7.60. The van der Waals surface area contributed by atoms with Gasteiger partial charge in [-0.3, -0.25) is 4.40 Å². The number of unbranched alkanes of at least 4 members (excludes halogenated alkanes) is 1. The molecule has 8 nitrogen and oxygen atoms in total. The van der Waals surface area contributed by atoms with Gasteiger partial charge in [0.05, 0.1) is 16.7 Å². The molecule has 43 heavy (non-hydrogen) atoms. The van der Waals surface area contributed by atoms with Gasteiger partial charge in [-0.05, 0) is 72.2 Å². The molecule has 3 aromatic carbocycles. The molecule has 214 valence electrons. The first-order valence-electron chi connectivity index (χ1n) is 15.1. The fourth-order valence-electron chi connectivity index (χ4n) is 6.41. The van der Waals surface area contributed by atoms with Crippen LogP contribution < -0.4 is 0 Å². The molecule has 0 fully saturated rings. The van der Waals surface area contributed by atoms with E-state index in [0.29, 0.717) is 5.82 Å². The average Bonchev–Trinajstić information content (AvgIpc) is 3.85. The summed E-state index contributed by atoms with van der Waals surface area (Å²) in [5, 5.41) is 14.7. The second kappa shape index (κ2) is 10.6. The lowest BCUT2D eigenvalue weighted by Crippen LogP contribution is -2.05. The van der Waals surface area contributed by atoms with Gasteiger partial charge in [-0.25, -0.2) is 9.97 Å². The lowest BCUT2D eigenvalue weighted by atomic mass is 9.98. The number of aryl methyl sites for hydroxylation is 4. The van der Waals surface area contributed by atoms with Crippen LogP contribution in [0.4, 0.5) is 0 Å².